The zero-order chi connectivity index (χ0) is 47.6. The number of pyridine rings is 1. The largest absolute Gasteiger partial charge is 0.463 e. The first-order chi connectivity index (χ1) is 32.6. The van der Waals surface area contributed by atoms with Crippen LogP contribution in [0.15, 0.2) is 79.8 Å². The number of halogens is 2. The zero-order valence-corrected chi connectivity index (χ0v) is 38.9. The second kappa shape index (κ2) is 18.1. The molecule has 4 aliphatic heterocycles. The highest BCUT2D eigenvalue weighted by Gasteiger charge is 2.64. The average molecular weight is 974 g/mol. The van der Waals surface area contributed by atoms with Gasteiger partial charge in [-0.15, -0.1) is 0 Å². The van der Waals surface area contributed by atoms with E-state index in [2.05, 4.69) is 24.9 Å². The Bertz CT molecular complexity index is 2830. The van der Waals surface area contributed by atoms with Gasteiger partial charge in [0.05, 0.1) is 24.3 Å². The van der Waals surface area contributed by atoms with Crippen molar-refractivity contribution in [3.8, 4) is 0 Å². The first kappa shape index (κ1) is 46.2. The fourth-order valence-electron chi connectivity index (χ4n) is 9.01. The van der Waals surface area contributed by atoms with Crippen LogP contribution in [0.2, 0.25) is 10.0 Å². The van der Waals surface area contributed by atoms with Gasteiger partial charge in [-0.05, 0) is 62.9 Å². The summed E-state index contributed by atoms with van der Waals surface area (Å²) < 4.78 is 52.9. The number of hydrogen-bond acceptors (Lipinski definition) is 18. The highest BCUT2D eigenvalue weighted by Crippen LogP contribution is 2.54. The fourth-order valence-corrected chi connectivity index (χ4v) is 9.26. The molecule has 1 aliphatic carbocycles. The van der Waals surface area contributed by atoms with Gasteiger partial charge in [0, 0.05) is 27.4 Å². The van der Waals surface area contributed by atoms with E-state index in [-0.39, 0.29) is 36.8 Å². The molecule has 1 saturated carbocycles. The van der Waals surface area contributed by atoms with Crippen LogP contribution in [0.1, 0.15) is 76.7 Å². The van der Waals surface area contributed by atoms with Crippen LogP contribution in [0, 0.1) is 11.8 Å². The van der Waals surface area contributed by atoms with Crippen LogP contribution in [-0.2, 0) is 47.5 Å². The van der Waals surface area contributed by atoms with Gasteiger partial charge in [0.2, 0.25) is 0 Å². The first-order valence-corrected chi connectivity index (χ1v) is 23.0. The van der Waals surface area contributed by atoms with E-state index in [0.29, 0.717) is 38.1 Å². The number of benzene rings is 2. The molecule has 20 nitrogen and oxygen atoms in total. The number of nitrogens with two attached hydrogens (primary N) is 3. The minimum Gasteiger partial charge on any atom is -0.463 e. The molecular formula is C46H50Cl2N10O10. The Morgan fingerprint density at radius 1 is 0.721 bits per heavy atom. The molecule has 4 saturated heterocycles. The number of esters is 2. The van der Waals surface area contributed by atoms with E-state index >= 15 is 0 Å². The van der Waals surface area contributed by atoms with Crippen molar-refractivity contribution in [1.29, 1.82) is 0 Å². The normalized spacial score (nSPS) is 30.0. The van der Waals surface area contributed by atoms with E-state index in [0.717, 1.165) is 24.0 Å². The molecule has 0 spiro atoms. The molecular weight excluding hydrogens is 923 g/mol. The second-order valence-corrected chi connectivity index (χ2v) is 19.0. The predicted molar refractivity (Wildman–Crippen MR) is 244 cm³/mol. The van der Waals surface area contributed by atoms with Crippen molar-refractivity contribution in [3.05, 3.63) is 101 Å². The fraction of sp³-hybridized carbons (Fsp3) is 0.457. The molecule has 5 fully saturated rings. The Hall–Kier alpha value is -5.55. The van der Waals surface area contributed by atoms with Crippen molar-refractivity contribution >= 4 is 69.0 Å². The molecule has 11 atom stereocenters. The lowest BCUT2D eigenvalue weighted by atomic mass is 9.96. The van der Waals surface area contributed by atoms with Gasteiger partial charge in [0.1, 0.15) is 72.2 Å². The number of anilines is 2. The summed E-state index contributed by atoms with van der Waals surface area (Å²) in [6.07, 6.45) is 3.08. The maximum atomic E-state index is 12.4. The Labute approximate surface area is 399 Å². The molecule has 0 amide bonds. The number of rotatable bonds is 11. The molecule has 11 rings (SSSR count). The topological polar surface area (TPSA) is 260 Å². The van der Waals surface area contributed by atoms with Gasteiger partial charge in [0.25, 0.3) is 0 Å². The molecule has 6 aromatic rings. The Morgan fingerprint density at radius 2 is 1.24 bits per heavy atom. The second-order valence-electron chi connectivity index (χ2n) is 18.1. The van der Waals surface area contributed by atoms with Gasteiger partial charge >= 0.3 is 11.9 Å². The van der Waals surface area contributed by atoms with E-state index in [1.165, 1.54) is 6.33 Å². The van der Waals surface area contributed by atoms with Crippen LogP contribution in [0.25, 0.3) is 22.3 Å². The number of hydrogen-bond donors (Lipinski definition) is 3. The van der Waals surface area contributed by atoms with Gasteiger partial charge in [-0.1, -0.05) is 61.3 Å². The molecule has 8 heterocycles. The molecule has 5 aliphatic rings. The van der Waals surface area contributed by atoms with Gasteiger partial charge in [-0.25, -0.2) is 24.9 Å². The number of nitrogen functional groups attached to an aromatic ring is 2. The smallest absolute Gasteiger partial charge is 0.323 e. The van der Waals surface area contributed by atoms with E-state index in [1.807, 2.05) is 52.0 Å². The molecule has 0 radical (unpaired) electrons. The van der Waals surface area contributed by atoms with E-state index in [9.17, 15) is 9.59 Å². The highest BCUT2D eigenvalue weighted by molar-refractivity contribution is 6.30. The van der Waals surface area contributed by atoms with Crippen LogP contribution in [0.3, 0.4) is 0 Å². The van der Waals surface area contributed by atoms with E-state index < -0.39 is 72.7 Å². The third-order valence-electron chi connectivity index (χ3n) is 13.0. The summed E-state index contributed by atoms with van der Waals surface area (Å²) in [5, 5.41) is 1.23. The summed E-state index contributed by atoms with van der Waals surface area (Å²) in [4.78, 5) is 46.2. The summed E-state index contributed by atoms with van der Waals surface area (Å²) in [7, 11) is 0. The summed E-state index contributed by atoms with van der Waals surface area (Å²) in [6.45, 7) is 7.54. The Morgan fingerprint density at radius 3 is 1.76 bits per heavy atom. The molecule has 0 bridgehead atoms. The number of ether oxygens (including phenoxy) is 8. The van der Waals surface area contributed by atoms with Crippen molar-refractivity contribution < 1.29 is 47.5 Å². The van der Waals surface area contributed by atoms with E-state index in [1.54, 1.807) is 58.3 Å². The van der Waals surface area contributed by atoms with Crippen LogP contribution < -0.4 is 17.2 Å². The Balaban J connectivity index is 0.000000159. The molecule has 358 valence electrons. The standard InChI is InChI=1S/C23H27ClN6O5.C23H23ClN4O5/c1-11(2)15(25)20(31)32-8-14-17-23(3,35-21(34-17)12-4-6-13(24)7-5-12)22(33-14)30-10-29-16-18(26)27-9-28-19(16)30;1-23-18(32-21(33-23)13-4-6-14(24)7-5-13)16(10-30-20(29)12-2-3-12)31-22(23)28-11-27-17-15(25)8-9-26-19(17)28/h4-7,9-11,14-15,17,21-22H,8,25H2,1-3H3,(H2,26,27,28);4-9,11-12,16,18,21-22H,2-3,10H2,1H3,(H2,25,26)/t14-,15+,17-,21?,22-,23-;16-,18-,21?,22-,23-/m11/s1. The average Bonchev–Trinajstić information content (AvgIpc) is 3.61. The highest BCUT2D eigenvalue weighted by atomic mass is 35.5. The third kappa shape index (κ3) is 8.40. The number of carbonyl (C=O) groups excluding carboxylic acids is 2. The van der Waals surface area contributed by atoms with Gasteiger partial charge in [-0.3, -0.25) is 18.7 Å². The summed E-state index contributed by atoms with van der Waals surface area (Å²) in [5.41, 5.74) is 20.4. The van der Waals surface area contributed by atoms with Crippen molar-refractivity contribution in [3.63, 3.8) is 0 Å². The number of carbonyl (C=O) groups is 2. The number of imidazole rings is 2. The molecule has 4 aromatic heterocycles. The minimum absolute atomic E-state index is 0.000846. The van der Waals surface area contributed by atoms with Crippen LogP contribution in [0.5, 0.6) is 0 Å². The number of aromatic nitrogens is 7. The molecule has 2 aromatic carbocycles. The number of nitrogens with zero attached hydrogens (tertiary/aromatic N) is 7. The molecule has 6 N–H and O–H groups in total. The predicted octanol–water partition coefficient (Wildman–Crippen LogP) is 5.75. The number of fused-ring (bicyclic) bond motifs is 4. The van der Waals surface area contributed by atoms with Crippen LogP contribution in [-0.4, -0.2) is 101 Å². The maximum Gasteiger partial charge on any atom is 0.323 e. The lowest BCUT2D eigenvalue weighted by molar-refractivity contribution is -0.180. The quantitative estimate of drug-likeness (QED) is 0.131. The SMILES string of the molecule is CC(C)[C@H](N)C(=O)OC[C@H]1O[C@@H](n2cnc3c(N)ncnc32)[C@]2(C)OC(c3ccc(Cl)cc3)O[C@H]12.C[C@@]12OC(c3ccc(Cl)cc3)O[C@@H]1[C@@H](COC(=O)C1CC1)O[C@H]2n1cnc2c(N)ccnc21. The zero-order valence-electron chi connectivity index (χ0n) is 37.4. The van der Waals surface area contributed by atoms with E-state index in [4.69, 9.17) is 78.3 Å². The summed E-state index contributed by atoms with van der Waals surface area (Å²) in [6, 6.07) is 15.5. The van der Waals surface area contributed by atoms with Crippen LogP contribution >= 0.6 is 23.2 Å². The van der Waals surface area contributed by atoms with Gasteiger partial charge < -0.3 is 55.1 Å². The third-order valence-corrected chi connectivity index (χ3v) is 13.5. The van der Waals surface area contributed by atoms with Crippen LogP contribution in [0.4, 0.5) is 11.5 Å². The van der Waals surface area contributed by atoms with Gasteiger partial charge in [0.15, 0.2) is 42.1 Å². The first-order valence-electron chi connectivity index (χ1n) is 22.2. The van der Waals surface area contributed by atoms with Crippen molar-refractivity contribution in [1.82, 2.24) is 34.1 Å². The molecule has 68 heavy (non-hydrogen) atoms. The minimum atomic E-state index is -0.977. The molecule has 22 heteroatoms. The summed E-state index contributed by atoms with van der Waals surface area (Å²) >= 11 is 12.1. The lowest BCUT2D eigenvalue weighted by Gasteiger charge is -2.28. The van der Waals surface area contributed by atoms with Crippen molar-refractivity contribution in [2.75, 3.05) is 24.7 Å². The van der Waals surface area contributed by atoms with Gasteiger partial charge in [-0.2, -0.15) is 0 Å². The van der Waals surface area contributed by atoms with Crippen molar-refractivity contribution in [2.45, 2.75) is 107 Å². The Kier molecular flexibility index (Phi) is 12.3. The molecule has 2 unspecified atom stereocenters. The summed E-state index contributed by atoms with van der Waals surface area (Å²) in [5.74, 6) is -0.507. The maximum absolute atomic E-state index is 12.4. The van der Waals surface area contributed by atoms with Crippen molar-refractivity contribution in [2.24, 2.45) is 17.6 Å². The monoisotopic (exact) mass is 972 g/mol. The lowest BCUT2D eigenvalue weighted by Crippen LogP contribution is -2.43.